The van der Waals surface area contributed by atoms with E-state index in [1.54, 1.807) is 18.2 Å². The minimum atomic E-state index is -4.26. The summed E-state index contributed by atoms with van der Waals surface area (Å²) in [6.07, 6.45) is -4.88. The van der Waals surface area contributed by atoms with Crippen LogP contribution >= 0.6 is 0 Å². The van der Waals surface area contributed by atoms with Crippen molar-refractivity contribution in [3.8, 4) is 5.75 Å². The molecule has 0 spiro atoms. The third-order valence-electron chi connectivity index (χ3n) is 2.76. The number of phenols is 1. The molecule has 19 heavy (non-hydrogen) atoms. The summed E-state index contributed by atoms with van der Waals surface area (Å²) in [4.78, 5) is 12.7. The number of halogens is 3. The average Bonchev–Trinajstić information content (AvgIpc) is 2.33. The molecular formula is C13H16F3NO2. The lowest BCUT2D eigenvalue weighted by Crippen LogP contribution is -2.30. The van der Waals surface area contributed by atoms with Crippen molar-refractivity contribution >= 4 is 5.91 Å². The number of amides is 1. The Morgan fingerprint density at radius 1 is 1.32 bits per heavy atom. The van der Waals surface area contributed by atoms with Crippen molar-refractivity contribution in [2.75, 3.05) is 13.6 Å². The fraction of sp³-hybridized carbons (Fsp3) is 0.462. The number of alkyl halides is 3. The highest BCUT2D eigenvalue weighted by molar-refractivity contribution is 5.76. The maximum absolute atomic E-state index is 12.0. The number of carbonyl (C=O) groups is 1. The Morgan fingerprint density at radius 2 is 1.95 bits per heavy atom. The van der Waals surface area contributed by atoms with Crippen LogP contribution in [0.1, 0.15) is 18.4 Å². The highest BCUT2D eigenvalue weighted by atomic mass is 19.4. The second-order valence-electron chi connectivity index (χ2n) is 4.31. The lowest BCUT2D eigenvalue weighted by molar-refractivity contribution is -0.144. The number of hydrogen-bond donors (Lipinski definition) is 1. The van der Waals surface area contributed by atoms with Crippen molar-refractivity contribution in [2.24, 2.45) is 0 Å². The molecule has 3 nitrogen and oxygen atoms in total. The van der Waals surface area contributed by atoms with Gasteiger partial charge in [0, 0.05) is 20.0 Å². The first-order valence-electron chi connectivity index (χ1n) is 5.87. The summed E-state index contributed by atoms with van der Waals surface area (Å²) in [7, 11) is 1.35. The van der Waals surface area contributed by atoms with E-state index in [1.165, 1.54) is 13.1 Å². The topological polar surface area (TPSA) is 40.5 Å². The largest absolute Gasteiger partial charge is 0.508 e. The standard InChI is InChI=1S/C13H16F3NO2/c1-17(9-8-13(14,15)16)12(19)7-6-10-4-2-3-5-11(10)18/h2-5,18H,6-9H2,1H3. The van der Waals surface area contributed by atoms with E-state index >= 15 is 0 Å². The molecule has 106 valence electrons. The van der Waals surface area contributed by atoms with E-state index < -0.39 is 12.6 Å². The van der Waals surface area contributed by atoms with E-state index in [2.05, 4.69) is 0 Å². The Morgan fingerprint density at radius 3 is 2.53 bits per heavy atom. The van der Waals surface area contributed by atoms with Gasteiger partial charge in [0.05, 0.1) is 6.42 Å². The Bertz CT molecular complexity index is 432. The van der Waals surface area contributed by atoms with Crippen LogP contribution in [0.5, 0.6) is 5.75 Å². The van der Waals surface area contributed by atoms with Gasteiger partial charge < -0.3 is 10.0 Å². The highest BCUT2D eigenvalue weighted by Gasteiger charge is 2.27. The number of nitrogens with zero attached hydrogens (tertiary/aromatic N) is 1. The molecule has 0 bridgehead atoms. The molecule has 0 fully saturated rings. The zero-order valence-corrected chi connectivity index (χ0v) is 10.6. The summed E-state index contributed by atoms with van der Waals surface area (Å²) in [5.41, 5.74) is 0.611. The van der Waals surface area contributed by atoms with E-state index in [1.807, 2.05) is 0 Å². The van der Waals surface area contributed by atoms with Gasteiger partial charge in [0.1, 0.15) is 5.75 Å². The second kappa shape index (κ2) is 6.45. The molecule has 0 heterocycles. The number of rotatable bonds is 5. The van der Waals surface area contributed by atoms with E-state index in [4.69, 9.17) is 0 Å². The monoisotopic (exact) mass is 275 g/mol. The van der Waals surface area contributed by atoms with Crippen LogP contribution < -0.4 is 0 Å². The third-order valence-corrected chi connectivity index (χ3v) is 2.76. The van der Waals surface area contributed by atoms with Crippen LogP contribution in [0, 0.1) is 0 Å². The summed E-state index contributed by atoms with van der Waals surface area (Å²) < 4.78 is 36.0. The van der Waals surface area contributed by atoms with Gasteiger partial charge in [-0.3, -0.25) is 4.79 Å². The van der Waals surface area contributed by atoms with Crippen LogP contribution in [-0.2, 0) is 11.2 Å². The number of aryl methyl sites for hydroxylation is 1. The molecule has 1 rings (SSSR count). The lowest BCUT2D eigenvalue weighted by atomic mass is 10.1. The highest BCUT2D eigenvalue weighted by Crippen LogP contribution is 2.20. The fourth-order valence-electron chi connectivity index (χ4n) is 1.57. The van der Waals surface area contributed by atoms with Gasteiger partial charge in [-0.25, -0.2) is 0 Å². The fourth-order valence-corrected chi connectivity index (χ4v) is 1.57. The van der Waals surface area contributed by atoms with Gasteiger partial charge in [-0.1, -0.05) is 18.2 Å². The molecule has 0 saturated heterocycles. The van der Waals surface area contributed by atoms with Crippen molar-refractivity contribution < 1.29 is 23.1 Å². The molecule has 1 aromatic rings. The zero-order valence-electron chi connectivity index (χ0n) is 10.6. The summed E-state index contributed by atoms with van der Waals surface area (Å²) in [6, 6.07) is 6.58. The van der Waals surface area contributed by atoms with Crippen LogP contribution in [0.3, 0.4) is 0 Å². The summed E-state index contributed by atoms with van der Waals surface area (Å²) >= 11 is 0. The van der Waals surface area contributed by atoms with Gasteiger partial charge in [-0.2, -0.15) is 13.2 Å². The van der Waals surface area contributed by atoms with Crippen molar-refractivity contribution in [1.29, 1.82) is 0 Å². The maximum Gasteiger partial charge on any atom is 0.390 e. The molecule has 0 aliphatic carbocycles. The normalized spacial score (nSPS) is 11.4. The molecule has 0 aromatic heterocycles. The number of carbonyl (C=O) groups excluding carboxylic acids is 1. The first kappa shape index (κ1) is 15.3. The summed E-state index contributed by atoms with van der Waals surface area (Å²) in [5, 5.41) is 9.50. The average molecular weight is 275 g/mol. The number of phenolic OH excluding ortho intramolecular Hbond substituents is 1. The quantitative estimate of drug-likeness (QED) is 0.897. The molecule has 0 atom stereocenters. The Labute approximate surface area is 109 Å². The molecule has 0 aliphatic heterocycles. The predicted octanol–water partition coefficient (Wildman–Crippen LogP) is 2.74. The van der Waals surface area contributed by atoms with Crippen LogP contribution in [0.25, 0.3) is 0 Å². The Hall–Kier alpha value is -1.72. The molecule has 0 aliphatic rings. The van der Waals surface area contributed by atoms with Crippen molar-refractivity contribution in [3.05, 3.63) is 29.8 Å². The van der Waals surface area contributed by atoms with Gasteiger partial charge in [0.25, 0.3) is 0 Å². The van der Waals surface area contributed by atoms with Gasteiger partial charge in [0.15, 0.2) is 0 Å². The van der Waals surface area contributed by atoms with Crippen molar-refractivity contribution in [2.45, 2.75) is 25.4 Å². The molecule has 1 aromatic carbocycles. The van der Waals surface area contributed by atoms with Crippen LogP contribution in [0.4, 0.5) is 13.2 Å². The summed E-state index contributed by atoms with van der Waals surface area (Å²) in [5.74, 6) is -0.277. The number of hydrogen-bond acceptors (Lipinski definition) is 2. The maximum atomic E-state index is 12.0. The van der Waals surface area contributed by atoms with E-state index in [-0.39, 0.29) is 24.6 Å². The zero-order chi connectivity index (χ0) is 14.5. The minimum absolute atomic E-state index is 0.0753. The molecular weight excluding hydrogens is 259 g/mol. The molecule has 1 N–H and O–H groups in total. The van der Waals surface area contributed by atoms with Gasteiger partial charge >= 0.3 is 6.18 Å². The minimum Gasteiger partial charge on any atom is -0.508 e. The van der Waals surface area contributed by atoms with E-state index in [0.717, 1.165) is 4.90 Å². The van der Waals surface area contributed by atoms with Crippen LogP contribution in [0.2, 0.25) is 0 Å². The Kier molecular flexibility index (Phi) is 5.20. The molecule has 6 heteroatoms. The van der Waals surface area contributed by atoms with Crippen molar-refractivity contribution in [3.63, 3.8) is 0 Å². The molecule has 1 amide bonds. The van der Waals surface area contributed by atoms with Crippen molar-refractivity contribution in [1.82, 2.24) is 4.90 Å². The van der Waals surface area contributed by atoms with Crippen LogP contribution in [0.15, 0.2) is 24.3 Å². The number of aromatic hydroxyl groups is 1. The summed E-state index contributed by atoms with van der Waals surface area (Å²) in [6.45, 7) is -0.344. The van der Waals surface area contributed by atoms with E-state index in [0.29, 0.717) is 12.0 Å². The lowest BCUT2D eigenvalue weighted by Gasteiger charge is -2.18. The van der Waals surface area contributed by atoms with Crippen LogP contribution in [-0.4, -0.2) is 35.7 Å². The smallest absolute Gasteiger partial charge is 0.390 e. The van der Waals surface area contributed by atoms with Gasteiger partial charge in [0.2, 0.25) is 5.91 Å². The molecule has 0 radical (unpaired) electrons. The molecule has 0 saturated carbocycles. The Balaban J connectivity index is 2.41. The predicted molar refractivity (Wildman–Crippen MR) is 64.7 cm³/mol. The first-order chi connectivity index (χ1) is 8.79. The second-order valence-corrected chi connectivity index (χ2v) is 4.31. The first-order valence-corrected chi connectivity index (χ1v) is 5.87. The number of benzene rings is 1. The van der Waals surface area contributed by atoms with E-state index in [9.17, 15) is 23.1 Å². The molecule has 0 unspecified atom stereocenters. The van der Waals surface area contributed by atoms with Gasteiger partial charge in [-0.05, 0) is 18.1 Å². The third kappa shape index (κ3) is 5.63. The number of para-hydroxylation sites is 1. The van der Waals surface area contributed by atoms with Gasteiger partial charge in [-0.15, -0.1) is 0 Å². The SMILES string of the molecule is CN(CCC(F)(F)F)C(=O)CCc1ccccc1O.